The number of carbonyl (C=O) groups excluding carboxylic acids is 2. The fourth-order valence-electron chi connectivity index (χ4n) is 1.62. The summed E-state index contributed by atoms with van der Waals surface area (Å²) in [5.41, 5.74) is -0.0990. The molecule has 0 aliphatic heterocycles. The first kappa shape index (κ1) is 16.5. The lowest BCUT2D eigenvalue weighted by molar-refractivity contribution is -0.133. The zero-order chi connectivity index (χ0) is 16.8. The highest BCUT2D eigenvalue weighted by Gasteiger charge is 2.16. The second-order valence-corrected chi connectivity index (χ2v) is 5.11. The second kappa shape index (κ2) is 7.38. The second-order valence-electron chi connectivity index (χ2n) is 4.25. The van der Waals surface area contributed by atoms with Crippen molar-refractivity contribution in [1.82, 2.24) is 0 Å². The summed E-state index contributed by atoms with van der Waals surface area (Å²) in [5.74, 6) is -3.77. The Bertz CT molecular complexity index is 788. The van der Waals surface area contributed by atoms with E-state index in [1.807, 2.05) is 10.7 Å². The summed E-state index contributed by atoms with van der Waals surface area (Å²) in [6, 6.07) is 8.71. The summed E-state index contributed by atoms with van der Waals surface area (Å²) >= 11 is 0.950. The molecule has 5 nitrogen and oxygen atoms in total. The lowest BCUT2D eigenvalue weighted by atomic mass is 10.3. The average Bonchev–Trinajstić information content (AvgIpc) is 2.53. The Labute approximate surface area is 134 Å². The predicted molar refractivity (Wildman–Crippen MR) is 81.5 cm³/mol. The summed E-state index contributed by atoms with van der Waals surface area (Å²) < 4.78 is 26.4. The van der Waals surface area contributed by atoms with Gasteiger partial charge in [0.05, 0.1) is 5.69 Å². The molecule has 0 saturated carbocycles. The predicted octanol–water partition coefficient (Wildman–Crippen LogP) is 3.12. The first-order chi connectivity index (χ1) is 11.0. The Balaban J connectivity index is 2.01. The van der Waals surface area contributed by atoms with E-state index in [-0.39, 0.29) is 0 Å². The fraction of sp³-hybridized carbons (Fsp3) is 0. The third-order valence-electron chi connectivity index (χ3n) is 2.66. The number of halogens is 2. The lowest BCUT2D eigenvalue weighted by Gasteiger charge is -2.07. The third-order valence-corrected chi connectivity index (χ3v) is 3.26. The molecule has 2 N–H and O–H groups in total. The van der Waals surface area contributed by atoms with Gasteiger partial charge in [0.25, 0.3) is 0 Å². The molecule has 2 amide bonds. The third kappa shape index (κ3) is 4.52. The Hall–Kier alpha value is -2.92. The van der Waals surface area contributed by atoms with Gasteiger partial charge in [0.15, 0.2) is 0 Å². The standard InChI is InChI=1S/C15H9F2N3O2S/c16-9-1-6-12(17)13(7-9)20-15(22)14(21)19-10-2-4-11(5-3-10)23-8-18/h1-7H,(H,19,21)(H,20,22). The van der Waals surface area contributed by atoms with E-state index in [0.717, 1.165) is 30.0 Å². The summed E-state index contributed by atoms with van der Waals surface area (Å²) in [7, 11) is 0. The zero-order valence-electron chi connectivity index (χ0n) is 11.5. The van der Waals surface area contributed by atoms with Gasteiger partial charge in [-0.1, -0.05) is 0 Å². The van der Waals surface area contributed by atoms with Gasteiger partial charge in [-0.25, -0.2) is 8.78 Å². The number of nitriles is 1. The largest absolute Gasteiger partial charge is 0.318 e. The van der Waals surface area contributed by atoms with Gasteiger partial charge in [0, 0.05) is 16.6 Å². The highest BCUT2D eigenvalue weighted by molar-refractivity contribution is 8.03. The van der Waals surface area contributed by atoms with E-state index < -0.39 is 29.1 Å². The van der Waals surface area contributed by atoms with Crippen LogP contribution in [0.1, 0.15) is 0 Å². The molecule has 8 heteroatoms. The monoisotopic (exact) mass is 333 g/mol. The molecule has 23 heavy (non-hydrogen) atoms. The first-order valence-electron chi connectivity index (χ1n) is 6.23. The van der Waals surface area contributed by atoms with Gasteiger partial charge >= 0.3 is 11.8 Å². The highest BCUT2D eigenvalue weighted by Crippen LogP contribution is 2.19. The van der Waals surface area contributed by atoms with Crippen molar-refractivity contribution in [2.75, 3.05) is 10.6 Å². The van der Waals surface area contributed by atoms with E-state index in [9.17, 15) is 18.4 Å². The number of carbonyl (C=O) groups is 2. The normalized spacial score (nSPS) is 9.78. The average molecular weight is 333 g/mol. The maximum absolute atomic E-state index is 13.4. The molecule has 0 atom stereocenters. The van der Waals surface area contributed by atoms with Crippen molar-refractivity contribution in [2.45, 2.75) is 4.90 Å². The molecule has 2 aromatic rings. The Morgan fingerprint density at radius 2 is 1.65 bits per heavy atom. The molecule has 0 aromatic heterocycles. The number of nitrogens with one attached hydrogen (secondary N) is 2. The zero-order valence-corrected chi connectivity index (χ0v) is 12.3. The molecule has 0 heterocycles. The van der Waals surface area contributed by atoms with Crippen LogP contribution >= 0.6 is 11.8 Å². The van der Waals surface area contributed by atoms with Gasteiger partial charge in [0.1, 0.15) is 17.0 Å². The summed E-state index contributed by atoms with van der Waals surface area (Å²) in [5, 5.41) is 14.7. The molecule has 0 aliphatic rings. The Morgan fingerprint density at radius 3 is 2.30 bits per heavy atom. The van der Waals surface area contributed by atoms with Crippen LogP contribution in [-0.4, -0.2) is 11.8 Å². The number of amides is 2. The minimum atomic E-state index is -1.13. The van der Waals surface area contributed by atoms with E-state index in [1.54, 1.807) is 12.1 Å². The van der Waals surface area contributed by atoms with Crippen LogP contribution in [0.3, 0.4) is 0 Å². The number of benzene rings is 2. The van der Waals surface area contributed by atoms with Gasteiger partial charge in [0.2, 0.25) is 0 Å². The van der Waals surface area contributed by atoms with E-state index >= 15 is 0 Å². The van der Waals surface area contributed by atoms with Crippen molar-refractivity contribution in [3.63, 3.8) is 0 Å². The van der Waals surface area contributed by atoms with E-state index in [2.05, 4.69) is 5.32 Å². The van der Waals surface area contributed by atoms with Crippen molar-refractivity contribution in [2.24, 2.45) is 0 Å². The first-order valence-corrected chi connectivity index (χ1v) is 7.04. The Kier molecular flexibility index (Phi) is 5.28. The number of thioether (sulfide) groups is 1. The number of rotatable bonds is 3. The topological polar surface area (TPSA) is 82.0 Å². The summed E-state index contributed by atoms with van der Waals surface area (Å²) in [4.78, 5) is 24.1. The van der Waals surface area contributed by atoms with E-state index in [4.69, 9.17) is 5.26 Å². The quantitative estimate of drug-likeness (QED) is 0.514. The van der Waals surface area contributed by atoms with Gasteiger partial charge in [-0.3, -0.25) is 9.59 Å². The smallest absolute Gasteiger partial charge is 0.314 e. The molecule has 0 spiro atoms. The van der Waals surface area contributed by atoms with Crippen LogP contribution in [0.25, 0.3) is 0 Å². The molecule has 2 aromatic carbocycles. The van der Waals surface area contributed by atoms with Crippen LogP contribution < -0.4 is 10.6 Å². The van der Waals surface area contributed by atoms with Crippen LogP contribution in [0.5, 0.6) is 0 Å². The molecule has 2 rings (SSSR count). The molecule has 0 bridgehead atoms. The molecule has 0 aliphatic carbocycles. The van der Waals surface area contributed by atoms with Gasteiger partial charge in [-0.15, -0.1) is 0 Å². The van der Waals surface area contributed by atoms with Crippen molar-refractivity contribution >= 4 is 35.0 Å². The van der Waals surface area contributed by atoms with Crippen LogP contribution in [0.4, 0.5) is 20.2 Å². The minimum absolute atomic E-state index is 0.326. The maximum Gasteiger partial charge on any atom is 0.314 e. The molecular weight excluding hydrogens is 324 g/mol. The molecular formula is C15H9F2N3O2S. The van der Waals surface area contributed by atoms with Gasteiger partial charge in [-0.05, 0) is 48.2 Å². The SMILES string of the molecule is N#CSc1ccc(NC(=O)C(=O)Nc2cc(F)ccc2F)cc1. The number of nitrogens with zero attached hydrogens (tertiary/aromatic N) is 1. The highest BCUT2D eigenvalue weighted by atomic mass is 32.2. The number of anilines is 2. The van der Waals surface area contributed by atoms with Gasteiger partial charge < -0.3 is 10.6 Å². The summed E-state index contributed by atoms with van der Waals surface area (Å²) in [6.45, 7) is 0. The van der Waals surface area contributed by atoms with Crippen molar-refractivity contribution in [3.05, 3.63) is 54.1 Å². The van der Waals surface area contributed by atoms with Crippen molar-refractivity contribution in [3.8, 4) is 5.40 Å². The van der Waals surface area contributed by atoms with E-state index in [0.29, 0.717) is 10.6 Å². The van der Waals surface area contributed by atoms with Crippen LogP contribution in [0.15, 0.2) is 47.4 Å². The number of hydrogen-bond donors (Lipinski definition) is 2. The van der Waals surface area contributed by atoms with Crippen molar-refractivity contribution < 1.29 is 18.4 Å². The maximum atomic E-state index is 13.4. The summed E-state index contributed by atoms with van der Waals surface area (Å²) in [6.07, 6.45) is 0. The van der Waals surface area contributed by atoms with Crippen LogP contribution in [0, 0.1) is 22.3 Å². The Morgan fingerprint density at radius 1 is 1.00 bits per heavy atom. The van der Waals surface area contributed by atoms with E-state index in [1.165, 1.54) is 12.1 Å². The molecule has 116 valence electrons. The number of thiocyanates is 1. The molecule has 0 unspecified atom stereocenters. The number of hydrogen-bond acceptors (Lipinski definition) is 4. The van der Waals surface area contributed by atoms with Gasteiger partial charge in [-0.2, -0.15) is 5.26 Å². The van der Waals surface area contributed by atoms with Crippen LogP contribution in [-0.2, 0) is 9.59 Å². The molecule has 0 fully saturated rings. The molecule has 0 radical (unpaired) electrons. The molecule has 0 saturated heterocycles. The van der Waals surface area contributed by atoms with Crippen LogP contribution in [0.2, 0.25) is 0 Å². The lowest BCUT2D eigenvalue weighted by Crippen LogP contribution is -2.29. The minimum Gasteiger partial charge on any atom is -0.318 e. The fourth-order valence-corrected chi connectivity index (χ4v) is 2.00. The van der Waals surface area contributed by atoms with Crippen molar-refractivity contribution in [1.29, 1.82) is 5.26 Å².